The number of hydrogen-bond donors (Lipinski definition) is 1. The van der Waals surface area contributed by atoms with Gasteiger partial charge in [-0.25, -0.2) is 4.98 Å². The first-order valence-electron chi connectivity index (χ1n) is 19.9. The average Bonchev–Trinajstić information content (AvgIpc) is 3.58. The number of ketones is 1. The predicted molar refractivity (Wildman–Crippen MR) is 230 cm³/mol. The normalized spacial score (nSPS) is 12.3. The van der Waals surface area contributed by atoms with Crippen LogP contribution in [-0.2, 0) is 31.3 Å². The SMILES string of the molecule is CCC(C)(CC)C(=O)/C=C(\O)C(C)(CC)CC.Cc1cc(CC(C)C)cc2ccc3c(-c4[c-]ccc5c4oc4cc(-c6ccccc6)ccc45)ncnc3c12.[Ir]. The van der Waals surface area contributed by atoms with Gasteiger partial charge in [-0.15, -0.1) is 18.2 Å². The van der Waals surface area contributed by atoms with Gasteiger partial charge in [0.1, 0.15) is 17.7 Å². The Morgan fingerprint density at radius 1 is 0.821 bits per heavy atom. The van der Waals surface area contributed by atoms with Crippen LogP contribution in [0.3, 0.4) is 0 Å². The minimum absolute atomic E-state index is 0. The smallest absolute Gasteiger partial charge is 0.164 e. The zero-order valence-corrected chi connectivity index (χ0v) is 36.7. The van der Waals surface area contributed by atoms with Crippen LogP contribution in [0.1, 0.15) is 92.2 Å². The van der Waals surface area contributed by atoms with Crippen LogP contribution in [0.4, 0.5) is 0 Å². The third-order valence-corrected chi connectivity index (χ3v) is 12.0. The second kappa shape index (κ2) is 17.7. The molecule has 2 aromatic heterocycles. The maximum atomic E-state index is 12.2. The number of aliphatic hydroxyl groups excluding tert-OH is 1. The summed E-state index contributed by atoms with van der Waals surface area (Å²) in [6, 6.07) is 33.3. The Kier molecular flexibility index (Phi) is 13.4. The number of benzene rings is 5. The minimum Gasteiger partial charge on any atom is -0.512 e. The monoisotopic (exact) mass is 924 g/mol. The van der Waals surface area contributed by atoms with Gasteiger partial charge in [-0.05, 0) is 84.0 Å². The molecule has 2 heterocycles. The van der Waals surface area contributed by atoms with Crippen LogP contribution >= 0.6 is 0 Å². The van der Waals surface area contributed by atoms with E-state index in [1.165, 1.54) is 33.5 Å². The number of furan rings is 1. The molecule has 0 aliphatic carbocycles. The zero-order valence-electron chi connectivity index (χ0n) is 34.3. The summed E-state index contributed by atoms with van der Waals surface area (Å²) >= 11 is 0. The zero-order chi connectivity index (χ0) is 39.5. The van der Waals surface area contributed by atoms with Crippen molar-refractivity contribution in [1.29, 1.82) is 0 Å². The molecule has 5 aromatic carbocycles. The third kappa shape index (κ3) is 8.38. The molecule has 0 fully saturated rings. The Hall–Kier alpha value is -4.64. The van der Waals surface area contributed by atoms with Crippen LogP contribution < -0.4 is 0 Å². The summed E-state index contributed by atoms with van der Waals surface area (Å²) in [5.74, 6) is 0.901. The Balaban J connectivity index is 0.000000285. The van der Waals surface area contributed by atoms with Crippen molar-refractivity contribution in [3.05, 3.63) is 120 Å². The van der Waals surface area contributed by atoms with Crippen molar-refractivity contribution in [3.63, 3.8) is 0 Å². The Morgan fingerprint density at radius 2 is 1.50 bits per heavy atom. The van der Waals surface area contributed by atoms with Gasteiger partial charge in [-0.3, -0.25) is 9.78 Å². The molecule has 0 unspecified atom stereocenters. The summed E-state index contributed by atoms with van der Waals surface area (Å²) < 4.78 is 6.52. The van der Waals surface area contributed by atoms with Crippen molar-refractivity contribution in [2.24, 2.45) is 16.7 Å². The molecular formula is C50H55IrN2O3-. The third-order valence-electron chi connectivity index (χ3n) is 12.0. The van der Waals surface area contributed by atoms with Crippen molar-refractivity contribution < 1.29 is 34.4 Å². The Bertz CT molecular complexity index is 2510. The predicted octanol–water partition coefficient (Wildman–Crippen LogP) is 14.0. The molecule has 0 aliphatic rings. The van der Waals surface area contributed by atoms with E-state index in [2.05, 4.69) is 99.6 Å². The molecule has 0 bridgehead atoms. The van der Waals surface area contributed by atoms with E-state index in [1.54, 1.807) is 6.33 Å². The van der Waals surface area contributed by atoms with Gasteiger partial charge in [0.25, 0.3) is 0 Å². The summed E-state index contributed by atoms with van der Waals surface area (Å²) in [6.45, 7) is 18.8. The number of nitrogens with zero attached hydrogens (tertiary/aromatic N) is 2. The number of hydrogen-bond acceptors (Lipinski definition) is 5. The minimum atomic E-state index is -0.337. The van der Waals surface area contributed by atoms with Gasteiger partial charge in [0.2, 0.25) is 0 Å². The van der Waals surface area contributed by atoms with Crippen LogP contribution in [0, 0.1) is 29.7 Å². The van der Waals surface area contributed by atoms with Crippen LogP contribution in [0.25, 0.3) is 66.0 Å². The topological polar surface area (TPSA) is 76.2 Å². The first-order valence-corrected chi connectivity index (χ1v) is 19.9. The summed E-state index contributed by atoms with van der Waals surface area (Å²) in [6.07, 6.45) is 7.49. The standard InChI is InChI=1S/C35H27N2O.C15H28O2.Ir/c1-21(2)16-23-17-22(3)32-26(18-23)13-15-29-33(36-20-37-34(29)32)30-11-7-10-28-27-14-12-25(19-31(27)38-35(28)30)24-8-5-4-6-9-24;1-7-14(5,8-2)12(16)11-13(17)15(6,9-3)10-4;/h4-10,12-15,17-21H,16H2,1-3H3;11,16H,7-10H2,1-6H3;/q-1;;/b;12-11-;. The molecule has 7 rings (SSSR count). The van der Waals surface area contributed by atoms with E-state index in [1.807, 2.05) is 53.7 Å². The number of carbonyl (C=O) groups is 1. The van der Waals surface area contributed by atoms with Crippen LogP contribution in [0.5, 0.6) is 0 Å². The van der Waals surface area contributed by atoms with Gasteiger partial charge in [0.05, 0.1) is 11.1 Å². The van der Waals surface area contributed by atoms with Gasteiger partial charge >= 0.3 is 0 Å². The Labute approximate surface area is 346 Å². The molecule has 56 heavy (non-hydrogen) atoms. The molecule has 1 radical (unpaired) electrons. The molecule has 293 valence electrons. The molecule has 5 nitrogen and oxygen atoms in total. The fourth-order valence-corrected chi connectivity index (χ4v) is 7.47. The molecule has 0 saturated carbocycles. The van der Waals surface area contributed by atoms with Crippen molar-refractivity contribution in [1.82, 2.24) is 9.97 Å². The van der Waals surface area contributed by atoms with E-state index in [4.69, 9.17) is 14.4 Å². The maximum Gasteiger partial charge on any atom is 0.164 e. The molecular weight excluding hydrogens is 869 g/mol. The number of aryl methyl sites for hydroxylation is 1. The van der Waals surface area contributed by atoms with Crippen LogP contribution in [0.15, 0.2) is 108 Å². The quantitative estimate of drug-likeness (QED) is 0.0605. The van der Waals surface area contributed by atoms with Gasteiger partial charge < -0.3 is 9.52 Å². The maximum absolute atomic E-state index is 12.2. The van der Waals surface area contributed by atoms with Gasteiger partial charge in [-0.2, -0.15) is 0 Å². The molecule has 1 N–H and O–H groups in total. The molecule has 0 amide bonds. The summed E-state index contributed by atoms with van der Waals surface area (Å²) in [5.41, 5.74) is 8.65. The van der Waals surface area contributed by atoms with E-state index < -0.39 is 0 Å². The van der Waals surface area contributed by atoms with Crippen molar-refractivity contribution in [2.75, 3.05) is 0 Å². The van der Waals surface area contributed by atoms with Gasteiger partial charge in [0, 0.05) is 53.5 Å². The summed E-state index contributed by atoms with van der Waals surface area (Å²) in [7, 11) is 0. The number of rotatable bonds is 11. The largest absolute Gasteiger partial charge is 0.512 e. The van der Waals surface area contributed by atoms with E-state index in [9.17, 15) is 9.90 Å². The fraction of sp³-hybridized carbons (Fsp3) is 0.340. The number of fused-ring (bicyclic) bond motifs is 6. The van der Waals surface area contributed by atoms with Crippen LogP contribution in [0.2, 0.25) is 0 Å². The fourth-order valence-electron chi connectivity index (χ4n) is 7.47. The Morgan fingerprint density at radius 3 is 2.16 bits per heavy atom. The molecule has 0 saturated heterocycles. The summed E-state index contributed by atoms with van der Waals surface area (Å²) in [5, 5.41) is 15.7. The van der Waals surface area contributed by atoms with Gasteiger partial charge in [0.15, 0.2) is 5.78 Å². The second-order valence-corrected chi connectivity index (χ2v) is 16.0. The van der Waals surface area contributed by atoms with Crippen LogP contribution in [-0.4, -0.2) is 20.9 Å². The van der Waals surface area contributed by atoms with Gasteiger partial charge in [-0.1, -0.05) is 133 Å². The molecule has 0 spiro atoms. The van der Waals surface area contributed by atoms with Crippen molar-refractivity contribution in [3.8, 4) is 22.4 Å². The van der Waals surface area contributed by atoms with E-state index in [-0.39, 0.29) is 42.5 Å². The average molecular weight is 924 g/mol. The first kappa shape index (κ1) is 42.5. The van der Waals surface area contributed by atoms with E-state index in [0.717, 1.165) is 81.8 Å². The number of aromatic nitrogens is 2. The van der Waals surface area contributed by atoms with E-state index in [0.29, 0.717) is 5.92 Å². The number of allylic oxidation sites excluding steroid dienone is 2. The number of aliphatic hydroxyl groups is 1. The van der Waals surface area contributed by atoms with Crippen molar-refractivity contribution >= 4 is 49.4 Å². The number of carbonyl (C=O) groups excluding carboxylic acids is 1. The van der Waals surface area contributed by atoms with E-state index >= 15 is 0 Å². The van der Waals surface area contributed by atoms with Crippen molar-refractivity contribution in [2.45, 2.75) is 94.4 Å². The molecule has 0 aliphatic heterocycles. The summed E-state index contributed by atoms with van der Waals surface area (Å²) in [4.78, 5) is 21.7. The molecule has 6 heteroatoms. The first-order chi connectivity index (χ1) is 26.4. The second-order valence-electron chi connectivity index (χ2n) is 16.0. The molecule has 0 atom stereocenters. The molecule has 7 aromatic rings.